The highest BCUT2D eigenvalue weighted by Gasteiger charge is 1.99. The minimum atomic E-state index is -0.768. The van der Waals surface area contributed by atoms with Gasteiger partial charge in [0.1, 0.15) is 0 Å². The number of carbonyl (C=O) groups is 2. The fraction of sp³-hybridized carbons (Fsp3) is 0.412. The molecule has 1 rings (SSSR count). The highest BCUT2D eigenvalue weighted by molar-refractivity contribution is 5.91. The van der Waals surface area contributed by atoms with Gasteiger partial charge in [0.2, 0.25) is 5.91 Å². The van der Waals surface area contributed by atoms with E-state index in [1.165, 1.54) is 11.6 Å². The minimum absolute atomic E-state index is 0.117. The fourth-order valence-electron chi connectivity index (χ4n) is 2.03. The van der Waals surface area contributed by atoms with Crippen LogP contribution in [0.5, 0.6) is 0 Å². The number of benzene rings is 1. The Kier molecular flexibility index (Phi) is 7.23. The van der Waals surface area contributed by atoms with Gasteiger partial charge in [0.15, 0.2) is 0 Å². The van der Waals surface area contributed by atoms with E-state index in [2.05, 4.69) is 11.4 Å². The molecular weight excluding hydrogens is 266 g/mol. The van der Waals surface area contributed by atoms with E-state index in [0.29, 0.717) is 13.0 Å². The van der Waals surface area contributed by atoms with E-state index in [-0.39, 0.29) is 12.3 Å². The van der Waals surface area contributed by atoms with Crippen molar-refractivity contribution in [3.05, 3.63) is 41.0 Å². The predicted octanol–water partition coefficient (Wildman–Crippen LogP) is 3.08. The third-order valence-electron chi connectivity index (χ3n) is 3.21. The maximum absolute atomic E-state index is 11.6. The van der Waals surface area contributed by atoms with Crippen LogP contribution < -0.4 is 5.32 Å². The lowest BCUT2D eigenvalue weighted by Gasteiger charge is -2.03. The second-order valence-electron chi connectivity index (χ2n) is 5.19. The molecule has 0 radical (unpaired) electrons. The van der Waals surface area contributed by atoms with Crippen molar-refractivity contribution in [3.8, 4) is 0 Å². The van der Waals surface area contributed by atoms with Gasteiger partial charge < -0.3 is 10.4 Å². The van der Waals surface area contributed by atoms with Gasteiger partial charge in [0.05, 0.1) is 0 Å². The van der Waals surface area contributed by atoms with E-state index in [0.717, 1.165) is 24.0 Å². The van der Waals surface area contributed by atoms with Gasteiger partial charge in [-0.3, -0.25) is 9.59 Å². The minimum Gasteiger partial charge on any atom is -0.481 e. The summed E-state index contributed by atoms with van der Waals surface area (Å²) in [5.41, 5.74) is 3.39. The van der Waals surface area contributed by atoms with Crippen molar-refractivity contribution in [1.29, 1.82) is 0 Å². The largest absolute Gasteiger partial charge is 0.481 e. The smallest absolute Gasteiger partial charge is 0.303 e. The summed E-state index contributed by atoms with van der Waals surface area (Å²) in [7, 11) is 0. The normalized spacial score (nSPS) is 10.8. The molecule has 0 saturated heterocycles. The van der Waals surface area contributed by atoms with E-state index in [9.17, 15) is 9.59 Å². The van der Waals surface area contributed by atoms with Crippen molar-refractivity contribution in [3.63, 3.8) is 0 Å². The number of hydrogen-bond acceptors (Lipinski definition) is 2. The van der Waals surface area contributed by atoms with Gasteiger partial charge in [-0.05, 0) is 43.9 Å². The molecule has 0 aliphatic carbocycles. The number of aliphatic carboxylic acids is 1. The number of hydrogen-bond donors (Lipinski definition) is 2. The molecule has 0 atom stereocenters. The van der Waals surface area contributed by atoms with Crippen LogP contribution in [-0.4, -0.2) is 23.5 Å². The first-order valence-electron chi connectivity index (χ1n) is 7.24. The molecule has 1 aromatic carbocycles. The quantitative estimate of drug-likeness (QED) is 0.571. The van der Waals surface area contributed by atoms with Crippen LogP contribution in [0, 0.1) is 13.8 Å². The number of nitrogens with one attached hydrogen (secondary N) is 1. The first kappa shape index (κ1) is 17.0. The Labute approximate surface area is 125 Å². The van der Waals surface area contributed by atoms with Gasteiger partial charge >= 0.3 is 5.97 Å². The first-order chi connectivity index (χ1) is 9.99. The number of carboxylic acids is 1. The molecule has 0 saturated carbocycles. The molecule has 0 heterocycles. The lowest BCUT2D eigenvalue weighted by molar-refractivity contribution is -0.137. The van der Waals surface area contributed by atoms with Crippen LogP contribution in [0.25, 0.3) is 6.08 Å². The van der Waals surface area contributed by atoms with Gasteiger partial charge in [-0.25, -0.2) is 0 Å². The zero-order valence-corrected chi connectivity index (χ0v) is 12.7. The SMILES string of the molecule is Cc1ccc(/C=C/C(=O)NCCCCCC(=O)O)c(C)c1. The Balaban J connectivity index is 2.27. The molecule has 4 nitrogen and oxygen atoms in total. The zero-order valence-electron chi connectivity index (χ0n) is 12.7. The van der Waals surface area contributed by atoms with Crippen molar-refractivity contribution < 1.29 is 14.7 Å². The van der Waals surface area contributed by atoms with Crippen molar-refractivity contribution in [1.82, 2.24) is 5.32 Å². The average molecular weight is 289 g/mol. The molecule has 4 heteroatoms. The lowest BCUT2D eigenvalue weighted by atomic mass is 10.1. The summed E-state index contributed by atoms with van der Waals surface area (Å²) in [6, 6.07) is 6.10. The van der Waals surface area contributed by atoms with Crippen LogP contribution in [0.4, 0.5) is 0 Å². The van der Waals surface area contributed by atoms with Crippen molar-refractivity contribution in [2.75, 3.05) is 6.54 Å². The molecule has 0 aliphatic rings. The first-order valence-corrected chi connectivity index (χ1v) is 7.24. The Morgan fingerprint density at radius 3 is 2.62 bits per heavy atom. The second-order valence-corrected chi connectivity index (χ2v) is 5.19. The zero-order chi connectivity index (χ0) is 15.7. The molecule has 1 amide bonds. The van der Waals surface area contributed by atoms with E-state index >= 15 is 0 Å². The van der Waals surface area contributed by atoms with Crippen molar-refractivity contribution in [2.45, 2.75) is 39.5 Å². The van der Waals surface area contributed by atoms with Crippen LogP contribution >= 0.6 is 0 Å². The highest BCUT2D eigenvalue weighted by atomic mass is 16.4. The highest BCUT2D eigenvalue weighted by Crippen LogP contribution is 2.11. The summed E-state index contributed by atoms with van der Waals surface area (Å²) in [5, 5.41) is 11.3. The summed E-state index contributed by atoms with van der Waals surface area (Å²) in [6.07, 6.45) is 5.82. The maximum Gasteiger partial charge on any atom is 0.303 e. The topological polar surface area (TPSA) is 66.4 Å². The van der Waals surface area contributed by atoms with Gasteiger partial charge in [0.25, 0.3) is 0 Å². The third-order valence-corrected chi connectivity index (χ3v) is 3.21. The van der Waals surface area contributed by atoms with Crippen molar-refractivity contribution in [2.24, 2.45) is 0 Å². The van der Waals surface area contributed by atoms with Gasteiger partial charge in [-0.2, -0.15) is 0 Å². The molecule has 0 bridgehead atoms. The standard InChI is InChI=1S/C17H23NO3/c1-13-7-8-15(14(2)12-13)9-10-16(19)18-11-5-3-4-6-17(20)21/h7-10,12H,3-6,11H2,1-2H3,(H,18,19)(H,20,21)/b10-9+. The van der Waals surface area contributed by atoms with Crippen LogP contribution in [0.1, 0.15) is 42.4 Å². The summed E-state index contributed by atoms with van der Waals surface area (Å²) >= 11 is 0. The van der Waals surface area contributed by atoms with Crippen molar-refractivity contribution >= 4 is 18.0 Å². The summed E-state index contributed by atoms with van der Waals surface area (Å²) in [5.74, 6) is -0.886. The van der Waals surface area contributed by atoms with Crippen LogP contribution in [0.15, 0.2) is 24.3 Å². The summed E-state index contributed by atoms with van der Waals surface area (Å²) < 4.78 is 0. The van der Waals surface area contributed by atoms with E-state index in [1.54, 1.807) is 0 Å². The molecule has 21 heavy (non-hydrogen) atoms. The Hall–Kier alpha value is -2.10. The number of unbranched alkanes of at least 4 members (excludes halogenated alkanes) is 2. The molecule has 0 aromatic heterocycles. The predicted molar refractivity (Wildman–Crippen MR) is 84.1 cm³/mol. The van der Waals surface area contributed by atoms with Gasteiger partial charge in [-0.15, -0.1) is 0 Å². The number of rotatable bonds is 8. The van der Waals surface area contributed by atoms with E-state index < -0.39 is 5.97 Å². The Bertz CT molecular complexity index is 521. The molecular formula is C17H23NO3. The van der Waals surface area contributed by atoms with E-state index in [4.69, 9.17) is 5.11 Å². The third kappa shape index (κ3) is 7.30. The molecule has 0 spiro atoms. The number of aryl methyl sites for hydroxylation is 2. The number of amides is 1. The average Bonchev–Trinajstić information content (AvgIpc) is 2.41. The maximum atomic E-state index is 11.6. The molecule has 1 aromatic rings. The summed E-state index contributed by atoms with van der Waals surface area (Å²) in [4.78, 5) is 22.0. The van der Waals surface area contributed by atoms with Crippen LogP contribution in [0.2, 0.25) is 0 Å². The molecule has 114 valence electrons. The molecule has 0 unspecified atom stereocenters. The van der Waals surface area contributed by atoms with Gasteiger partial charge in [0, 0.05) is 19.0 Å². The molecule has 0 aliphatic heterocycles. The molecule has 2 N–H and O–H groups in total. The van der Waals surface area contributed by atoms with Crippen LogP contribution in [0.3, 0.4) is 0 Å². The second kappa shape index (κ2) is 8.95. The Morgan fingerprint density at radius 2 is 1.95 bits per heavy atom. The fourth-order valence-corrected chi connectivity index (χ4v) is 2.03. The lowest BCUT2D eigenvalue weighted by Crippen LogP contribution is -2.22. The van der Waals surface area contributed by atoms with E-state index in [1.807, 2.05) is 32.1 Å². The summed E-state index contributed by atoms with van der Waals surface area (Å²) in [6.45, 7) is 4.64. The molecule has 0 fully saturated rings. The number of carbonyl (C=O) groups excluding carboxylic acids is 1. The van der Waals surface area contributed by atoms with Crippen LogP contribution in [-0.2, 0) is 9.59 Å². The van der Waals surface area contributed by atoms with Gasteiger partial charge in [-0.1, -0.05) is 30.2 Å². The monoisotopic (exact) mass is 289 g/mol. The number of carboxylic acid groups (broad SMARTS) is 1. The Morgan fingerprint density at radius 1 is 1.19 bits per heavy atom.